The van der Waals surface area contributed by atoms with Crippen LogP contribution >= 0.6 is 0 Å². The third kappa shape index (κ3) is 1.11. The summed E-state index contributed by atoms with van der Waals surface area (Å²) in [6.45, 7) is 1.84. The lowest BCUT2D eigenvalue weighted by Crippen LogP contribution is -2.22. The number of rotatable bonds is 1. The van der Waals surface area contributed by atoms with Crippen LogP contribution < -0.4 is 5.32 Å². The molecule has 1 aromatic heterocycles. The Morgan fingerprint density at radius 1 is 1.36 bits per heavy atom. The fraction of sp³-hybridized carbons (Fsp3) is 0.400. The minimum absolute atomic E-state index is 0.215. The summed E-state index contributed by atoms with van der Waals surface area (Å²) in [7, 11) is 0. The van der Waals surface area contributed by atoms with Gasteiger partial charge in [0.15, 0.2) is 0 Å². The van der Waals surface area contributed by atoms with Gasteiger partial charge in [0.25, 0.3) is 0 Å². The zero-order valence-corrected chi connectivity index (χ0v) is 7.68. The molecule has 2 aliphatic heterocycles. The van der Waals surface area contributed by atoms with Gasteiger partial charge in [-0.15, -0.1) is 0 Å². The van der Waals surface area contributed by atoms with E-state index in [1.165, 1.54) is 0 Å². The number of oxime groups is 1. The van der Waals surface area contributed by atoms with Gasteiger partial charge in [0.2, 0.25) is 0 Å². The first kappa shape index (κ1) is 7.94. The van der Waals surface area contributed by atoms with Gasteiger partial charge in [-0.2, -0.15) is 0 Å². The molecule has 0 aromatic carbocycles. The van der Waals surface area contributed by atoms with Crippen molar-refractivity contribution >= 4 is 5.71 Å². The molecule has 0 aliphatic carbocycles. The normalized spacial score (nSPS) is 29.6. The summed E-state index contributed by atoms with van der Waals surface area (Å²) in [5.41, 5.74) is 1.92. The van der Waals surface area contributed by atoms with Crippen molar-refractivity contribution in [1.29, 1.82) is 0 Å². The molecule has 2 atom stereocenters. The van der Waals surface area contributed by atoms with Crippen LogP contribution in [0.1, 0.15) is 5.69 Å². The summed E-state index contributed by atoms with van der Waals surface area (Å²) >= 11 is 0. The predicted octanol–water partition coefficient (Wildman–Crippen LogP) is 0.404. The Balaban J connectivity index is 1.93. The molecule has 14 heavy (non-hydrogen) atoms. The standard InChI is InChI=1S/C10H11N3O/c1-2-4-12-8(3-1)10-7-5-11-6-9(7)14-13-10/h1-4,7,9,11H,5-6H2. The molecule has 3 rings (SSSR count). The zero-order valence-electron chi connectivity index (χ0n) is 7.68. The minimum atomic E-state index is 0.215. The molecule has 2 aliphatic rings. The van der Waals surface area contributed by atoms with Gasteiger partial charge >= 0.3 is 0 Å². The Hall–Kier alpha value is -1.42. The fourth-order valence-corrected chi connectivity index (χ4v) is 1.98. The number of aromatic nitrogens is 1. The number of hydrogen-bond donors (Lipinski definition) is 1. The molecule has 1 N–H and O–H groups in total. The van der Waals surface area contributed by atoms with Gasteiger partial charge in [-0.1, -0.05) is 11.2 Å². The van der Waals surface area contributed by atoms with Crippen LogP contribution in [0.4, 0.5) is 0 Å². The maximum absolute atomic E-state index is 5.33. The van der Waals surface area contributed by atoms with Crippen molar-refractivity contribution in [3.63, 3.8) is 0 Å². The SMILES string of the molecule is c1ccc(C2=NOC3CNCC23)nc1. The summed E-state index contributed by atoms with van der Waals surface area (Å²) in [4.78, 5) is 9.61. The van der Waals surface area contributed by atoms with E-state index in [2.05, 4.69) is 15.5 Å². The summed E-state index contributed by atoms with van der Waals surface area (Å²) in [6.07, 6.45) is 2.00. The average Bonchev–Trinajstić information content (AvgIpc) is 2.79. The lowest BCUT2D eigenvalue weighted by Gasteiger charge is -2.06. The Kier molecular flexibility index (Phi) is 1.73. The van der Waals surface area contributed by atoms with Gasteiger partial charge in [0.1, 0.15) is 11.8 Å². The Bertz CT molecular complexity index is 363. The summed E-state index contributed by atoms with van der Waals surface area (Å²) in [5.74, 6) is 0.380. The quantitative estimate of drug-likeness (QED) is 0.695. The molecule has 3 heterocycles. The van der Waals surface area contributed by atoms with E-state index in [-0.39, 0.29) is 6.10 Å². The molecular formula is C10H11N3O. The van der Waals surface area contributed by atoms with E-state index < -0.39 is 0 Å². The highest BCUT2D eigenvalue weighted by atomic mass is 16.6. The number of nitrogens with zero attached hydrogens (tertiary/aromatic N) is 2. The van der Waals surface area contributed by atoms with E-state index in [0.29, 0.717) is 5.92 Å². The van der Waals surface area contributed by atoms with E-state index in [9.17, 15) is 0 Å². The van der Waals surface area contributed by atoms with Crippen molar-refractivity contribution in [3.05, 3.63) is 30.1 Å². The van der Waals surface area contributed by atoms with Crippen molar-refractivity contribution in [2.75, 3.05) is 13.1 Å². The smallest absolute Gasteiger partial charge is 0.149 e. The van der Waals surface area contributed by atoms with Gasteiger partial charge < -0.3 is 10.2 Å². The van der Waals surface area contributed by atoms with Crippen LogP contribution in [0, 0.1) is 5.92 Å². The van der Waals surface area contributed by atoms with Crippen LogP contribution in [0.5, 0.6) is 0 Å². The van der Waals surface area contributed by atoms with E-state index in [1.807, 2.05) is 18.2 Å². The average molecular weight is 189 g/mol. The first-order chi connectivity index (χ1) is 6.95. The predicted molar refractivity (Wildman–Crippen MR) is 52.0 cm³/mol. The van der Waals surface area contributed by atoms with Gasteiger partial charge in [0, 0.05) is 19.3 Å². The van der Waals surface area contributed by atoms with Crippen LogP contribution in [-0.2, 0) is 4.84 Å². The monoisotopic (exact) mass is 189 g/mol. The molecule has 1 fully saturated rings. The van der Waals surface area contributed by atoms with Crippen molar-refractivity contribution in [1.82, 2.24) is 10.3 Å². The largest absolute Gasteiger partial charge is 0.390 e. The zero-order chi connectivity index (χ0) is 9.38. The summed E-state index contributed by atoms with van der Waals surface area (Å²) in [6, 6.07) is 5.85. The van der Waals surface area contributed by atoms with Gasteiger partial charge in [-0.05, 0) is 12.1 Å². The highest BCUT2D eigenvalue weighted by molar-refractivity contribution is 6.01. The minimum Gasteiger partial charge on any atom is -0.390 e. The van der Waals surface area contributed by atoms with Crippen molar-refractivity contribution < 1.29 is 4.84 Å². The second-order valence-corrected chi connectivity index (χ2v) is 3.60. The first-order valence-corrected chi connectivity index (χ1v) is 4.81. The molecule has 0 spiro atoms. The van der Waals surface area contributed by atoms with Crippen LogP contribution in [0.25, 0.3) is 0 Å². The Morgan fingerprint density at radius 2 is 2.36 bits per heavy atom. The van der Waals surface area contributed by atoms with E-state index in [0.717, 1.165) is 24.5 Å². The van der Waals surface area contributed by atoms with Gasteiger partial charge in [-0.3, -0.25) is 4.98 Å². The molecule has 4 nitrogen and oxygen atoms in total. The second kappa shape index (κ2) is 3.06. The maximum Gasteiger partial charge on any atom is 0.149 e. The van der Waals surface area contributed by atoms with E-state index in [4.69, 9.17) is 4.84 Å². The maximum atomic E-state index is 5.33. The molecule has 0 amide bonds. The number of pyridine rings is 1. The molecule has 2 unspecified atom stereocenters. The van der Waals surface area contributed by atoms with Crippen LogP contribution in [-0.4, -0.2) is 29.9 Å². The molecule has 1 saturated heterocycles. The van der Waals surface area contributed by atoms with Crippen LogP contribution in [0.15, 0.2) is 29.6 Å². The van der Waals surface area contributed by atoms with E-state index >= 15 is 0 Å². The van der Waals surface area contributed by atoms with Crippen LogP contribution in [0.3, 0.4) is 0 Å². The number of fused-ring (bicyclic) bond motifs is 1. The van der Waals surface area contributed by atoms with Crippen LogP contribution in [0.2, 0.25) is 0 Å². The highest BCUT2D eigenvalue weighted by Crippen LogP contribution is 2.24. The van der Waals surface area contributed by atoms with Gasteiger partial charge in [-0.25, -0.2) is 0 Å². The fourth-order valence-electron chi connectivity index (χ4n) is 1.98. The van der Waals surface area contributed by atoms with Crippen molar-refractivity contribution in [3.8, 4) is 0 Å². The first-order valence-electron chi connectivity index (χ1n) is 4.81. The highest BCUT2D eigenvalue weighted by Gasteiger charge is 2.38. The second-order valence-electron chi connectivity index (χ2n) is 3.60. The third-order valence-electron chi connectivity index (χ3n) is 2.72. The van der Waals surface area contributed by atoms with Gasteiger partial charge in [0.05, 0.1) is 11.6 Å². The summed E-state index contributed by atoms with van der Waals surface area (Å²) < 4.78 is 0. The molecule has 0 saturated carbocycles. The topological polar surface area (TPSA) is 46.5 Å². The third-order valence-corrected chi connectivity index (χ3v) is 2.72. The Morgan fingerprint density at radius 3 is 3.21 bits per heavy atom. The van der Waals surface area contributed by atoms with E-state index in [1.54, 1.807) is 6.20 Å². The Labute approximate surface area is 82.0 Å². The molecule has 4 heteroatoms. The lowest BCUT2D eigenvalue weighted by molar-refractivity contribution is 0.0842. The lowest BCUT2D eigenvalue weighted by atomic mass is 9.98. The number of hydrogen-bond acceptors (Lipinski definition) is 4. The molecule has 72 valence electrons. The molecular weight excluding hydrogens is 178 g/mol. The molecule has 0 radical (unpaired) electrons. The number of nitrogens with one attached hydrogen (secondary N) is 1. The molecule has 1 aromatic rings. The van der Waals surface area contributed by atoms with Crippen molar-refractivity contribution in [2.24, 2.45) is 11.1 Å². The summed E-state index contributed by atoms with van der Waals surface area (Å²) in [5, 5.41) is 7.40. The van der Waals surface area contributed by atoms with Crippen molar-refractivity contribution in [2.45, 2.75) is 6.10 Å². The molecule has 0 bridgehead atoms.